The fourth-order valence-corrected chi connectivity index (χ4v) is 3.01. The van der Waals surface area contributed by atoms with Crippen LogP contribution in [0.25, 0.3) is 0 Å². The largest absolute Gasteiger partial charge is 0.322 e. The lowest BCUT2D eigenvalue weighted by atomic mass is 10.3. The number of amides is 2. The van der Waals surface area contributed by atoms with E-state index in [-0.39, 0.29) is 24.1 Å². The molecular weight excluding hydrogens is 321 g/mol. The monoisotopic (exact) mass is 335 g/mol. The molecule has 21 heavy (non-hydrogen) atoms. The lowest BCUT2D eigenvalue weighted by molar-refractivity contribution is 0.184. The molecule has 6 nitrogen and oxygen atoms in total. The molecule has 2 rings (SSSR count). The van der Waals surface area contributed by atoms with Crippen LogP contribution in [-0.4, -0.2) is 56.1 Å². The van der Waals surface area contributed by atoms with E-state index in [2.05, 4.69) is 5.32 Å². The Labute approximate surface area is 127 Å². The van der Waals surface area contributed by atoms with Crippen LogP contribution in [0.1, 0.15) is 0 Å². The molecule has 2 amide bonds. The summed E-state index contributed by atoms with van der Waals surface area (Å²) in [7, 11) is -3.23. The number of rotatable bonds is 2. The van der Waals surface area contributed by atoms with Gasteiger partial charge in [-0.1, -0.05) is 11.6 Å². The number of carbonyl (C=O) groups excluding carboxylic acids is 1. The Bertz CT molecular complexity index is 645. The molecule has 1 aliphatic heterocycles. The second-order valence-corrected chi connectivity index (χ2v) is 7.10. The van der Waals surface area contributed by atoms with Crippen LogP contribution >= 0.6 is 11.6 Å². The van der Waals surface area contributed by atoms with Crippen molar-refractivity contribution in [2.45, 2.75) is 0 Å². The zero-order chi connectivity index (χ0) is 15.6. The highest BCUT2D eigenvalue weighted by molar-refractivity contribution is 7.88. The van der Waals surface area contributed by atoms with Crippen LogP contribution in [0.5, 0.6) is 0 Å². The number of carbonyl (C=O) groups is 1. The molecule has 1 fully saturated rings. The molecule has 0 atom stereocenters. The van der Waals surface area contributed by atoms with Crippen molar-refractivity contribution < 1.29 is 17.6 Å². The summed E-state index contributed by atoms with van der Waals surface area (Å²) in [6.45, 7) is 1.12. The van der Waals surface area contributed by atoms with Gasteiger partial charge in [-0.05, 0) is 18.2 Å². The van der Waals surface area contributed by atoms with Gasteiger partial charge in [0.25, 0.3) is 0 Å². The van der Waals surface area contributed by atoms with Crippen molar-refractivity contribution in [2.24, 2.45) is 0 Å². The minimum atomic E-state index is -3.23. The maximum Gasteiger partial charge on any atom is 0.321 e. The molecule has 116 valence electrons. The Morgan fingerprint density at radius 3 is 2.43 bits per heavy atom. The lowest BCUT2D eigenvalue weighted by Crippen LogP contribution is -2.51. The van der Waals surface area contributed by atoms with Crippen molar-refractivity contribution in [3.63, 3.8) is 0 Å². The topological polar surface area (TPSA) is 69.7 Å². The average Bonchev–Trinajstić information content (AvgIpc) is 2.42. The van der Waals surface area contributed by atoms with Gasteiger partial charge in [0.1, 0.15) is 5.82 Å². The summed E-state index contributed by atoms with van der Waals surface area (Å²) < 4.78 is 37.1. The highest BCUT2D eigenvalue weighted by Gasteiger charge is 2.26. The minimum absolute atomic E-state index is 0.0744. The zero-order valence-corrected chi connectivity index (χ0v) is 12.9. The van der Waals surface area contributed by atoms with Gasteiger partial charge < -0.3 is 10.2 Å². The molecule has 0 unspecified atom stereocenters. The van der Waals surface area contributed by atoms with Gasteiger partial charge in [-0.15, -0.1) is 0 Å². The van der Waals surface area contributed by atoms with Crippen molar-refractivity contribution in [3.8, 4) is 0 Å². The number of urea groups is 1. The first-order chi connectivity index (χ1) is 9.77. The lowest BCUT2D eigenvalue weighted by Gasteiger charge is -2.33. The SMILES string of the molecule is CS(=O)(=O)N1CCN(C(=O)Nc2ccc(F)c(Cl)c2)CC1. The predicted molar refractivity (Wildman–Crippen MR) is 78.4 cm³/mol. The van der Waals surface area contributed by atoms with Gasteiger partial charge >= 0.3 is 6.03 Å². The Balaban J connectivity index is 1.95. The van der Waals surface area contributed by atoms with Crippen molar-refractivity contribution in [1.29, 1.82) is 0 Å². The van der Waals surface area contributed by atoms with Crippen molar-refractivity contribution >= 4 is 33.3 Å². The number of anilines is 1. The van der Waals surface area contributed by atoms with Crippen molar-refractivity contribution in [2.75, 3.05) is 37.8 Å². The van der Waals surface area contributed by atoms with Crippen LogP contribution in [0.4, 0.5) is 14.9 Å². The standard InChI is InChI=1S/C12H15ClFN3O3S/c1-21(19,20)17-6-4-16(5-7-17)12(18)15-9-2-3-11(14)10(13)8-9/h2-3,8H,4-7H2,1H3,(H,15,18). The molecule has 1 aromatic rings. The third-order valence-electron chi connectivity index (χ3n) is 3.17. The molecule has 0 aromatic heterocycles. The van der Waals surface area contributed by atoms with Crippen molar-refractivity contribution in [3.05, 3.63) is 29.0 Å². The molecule has 1 aromatic carbocycles. The molecule has 1 aliphatic rings. The van der Waals surface area contributed by atoms with E-state index in [1.54, 1.807) is 0 Å². The van der Waals surface area contributed by atoms with E-state index in [0.29, 0.717) is 18.8 Å². The van der Waals surface area contributed by atoms with Crippen LogP contribution in [0.15, 0.2) is 18.2 Å². The molecule has 1 saturated heterocycles. The minimum Gasteiger partial charge on any atom is -0.322 e. The van der Waals surface area contributed by atoms with E-state index in [4.69, 9.17) is 11.6 Å². The normalized spacial score (nSPS) is 16.8. The Hall–Kier alpha value is -1.38. The summed E-state index contributed by atoms with van der Waals surface area (Å²) in [6, 6.07) is 3.53. The van der Waals surface area contributed by atoms with E-state index in [1.807, 2.05) is 0 Å². The third kappa shape index (κ3) is 4.05. The Kier molecular flexibility index (Phi) is 4.70. The molecule has 0 saturated carbocycles. The number of halogens is 2. The maximum absolute atomic E-state index is 13.0. The predicted octanol–water partition coefficient (Wildman–Crippen LogP) is 1.59. The highest BCUT2D eigenvalue weighted by atomic mass is 35.5. The van der Waals surface area contributed by atoms with Crippen LogP contribution < -0.4 is 5.32 Å². The summed E-state index contributed by atoms with van der Waals surface area (Å²) in [4.78, 5) is 13.5. The van der Waals surface area contributed by atoms with Gasteiger partial charge in [-0.25, -0.2) is 17.6 Å². The molecule has 1 N–H and O–H groups in total. The van der Waals surface area contributed by atoms with Crippen molar-refractivity contribution in [1.82, 2.24) is 9.21 Å². The quantitative estimate of drug-likeness (QED) is 0.892. The molecule has 0 radical (unpaired) electrons. The Morgan fingerprint density at radius 2 is 1.90 bits per heavy atom. The summed E-state index contributed by atoms with van der Waals surface area (Å²) in [5.74, 6) is -0.559. The van der Waals surface area contributed by atoms with Gasteiger partial charge in [0.15, 0.2) is 0 Å². The number of nitrogens with zero attached hydrogens (tertiary/aromatic N) is 2. The second-order valence-electron chi connectivity index (χ2n) is 4.71. The number of sulfonamides is 1. The summed E-state index contributed by atoms with van der Waals surface area (Å²) in [5.41, 5.74) is 0.386. The number of hydrogen-bond donors (Lipinski definition) is 1. The molecular formula is C12H15ClFN3O3S. The summed E-state index contributed by atoms with van der Waals surface area (Å²) in [6.07, 6.45) is 1.14. The molecule has 9 heteroatoms. The maximum atomic E-state index is 13.0. The van der Waals surface area contributed by atoms with Gasteiger partial charge in [-0.2, -0.15) is 4.31 Å². The van der Waals surface area contributed by atoms with Gasteiger partial charge in [0.2, 0.25) is 10.0 Å². The Morgan fingerprint density at radius 1 is 1.29 bits per heavy atom. The first-order valence-electron chi connectivity index (χ1n) is 6.23. The molecule has 0 aliphatic carbocycles. The van der Waals surface area contributed by atoms with Gasteiger partial charge in [0, 0.05) is 31.9 Å². The van der Waals surface area contributed by atoms with E-state index < -0.39 is 15.8 Å². The molecule has 0 spiro atoms. The number of hydrogen-bond acceptors (Lipinski definition) is 3. The summed E-state index contributed by atoms with van der Waals surface area (Å²) >= 11 is 5.64. The number of benzene rings is 1. The van der Waals surface area contributed by atoms with Crippen LogP contribution in [0, 0.1) is 5.82 Å². The van der Waals surface area contributed by atoms with E-state index in [1.165, 1.54) is 27.4 Å². The van der Waals surface area contributed by atoms with Gasteiger partial charge in [-0.3, -0.25) is 0 Å². The van der Waals surface area contributed by atoms with Crippen LogP contribution in [0.3, 0.4) is 0 Å². The van der Waals surface area contributed by atoms with Crippen LogP contribution in [-0.2, 0) is 10.0 Å². The second kappa shape index (κ2) is 6.17. The van der Waals surface area contributed by atoms with E-state index >= 15 is 0 Å². The highest BCUT2D eigenvalue weighted by Crippen LogP contribution is 2.19. The number of piperazine rings is 1. The average molecular weight is 336 g/mol. The van der Waals surface area contributed by atoms with Crippen LogP contribution in [0.2, 0.25) is 5.02 Å². The van der Waals surface area contributed by atoms with Gasteiger partial charge in [0.05, 0.1) is 11.3 Å². The van der Waals surface area contributed by atoms with E-state index in [0.717, 1.165) is 6.26 Å². The molecule has 0 bridgehead atoms. The smallest absolute Gasteiger partial charge is 0.321 e. The summed E-state index contributed by atoms with van der Waals surface area (Å²) in [5, 5.41) is 2.53. The fraction of sp³-hybridized carbons (Fsp3) is 0.417. The zero-order valence-electron chi connectivity index (χ0n) is 11.3. The third-order valence-corrected chi connectivity index (χ3v) is 4.76. The first kappa shape index (κ1) is 16.0. The first-order valence-corrected chi connectivity index (χ1v) is 8.46. The van der Waals surface area contributed by atoms with E-state index in [9.17, 15) is 17.6 Å². The molecule has 1 heterocycles. The number of nitrogens with one attached hydrogen (secondary N) is 1. The fourth-order valence-electron chi connectivity index (χ4n) is 2.00.